The zero-order valence-corrected chi connectivity index (χ0v) is 12.7. The largest absolute Gasteiger partial charge is 0.467 e. The van der Waals surface area contributed by atoms with Crippen molar-refractivity contribution < 1.29 is 19.1 Å². The predicted octanol–water partition coefficient (Wildman–Crippen LogP) is 3.73. The first kappa shape index (κ1) is 16.2. The van der Waals surface area contributed by atoms with E-state index < -0.39 is 8.07 Å². The molecule has 0 unspecified atom stereocenters. The molecule has 0 aromatic heterocycles. The second kappa shape index (κ2) is 6.79. The van der Waals surface area contributed by atoms with Crippen molar-refractivity contribution in [2.45, 2.75) is 65.8 Å². The second-order valence-electron chi connectivity index (χ2n) is 4.70. The fourth-order valence-corrected chi connectivity index (χ4v) is 4.31. The van der Waals surface area contributed by atoms with E-state index in [-0.39, 0.29) is 23.4 Å². The smallest absolute Gasteiger partial charge is 0.311 e. The van der Waals surface area contributed by atoms with Crippen molar-refractivity contribution in [2.24, 2.45) is 0 Å². The maximum Gasteiger partial charge on any atom is 0.311 e. The molecule has 0 N–H and O–H groups in total. The summed E-state index contributed by atoms with van der Waals surface area (Å²) in [5.41, 5.74) is -0.689. The molecular formula is C12H24O4Si. The van der Waals surface area contributed by atoms with Gasteiger partial charge in [0.05, 0.1) is 12.2 Å². The lowest BCUT2D eigenvalue weighted by Gasteiger charge is -2.26. The molecule has 0 bridgehead atoms. The highest BCUT2D eigenvalue weighted by Gasteiger charge is 2.50. The van der Waals surface area contributed by atoms with Gasteiger partial charge in [0.15, 0.2) is 0 Å². The van der Waals surface area contributed by atoms with Gasteiger partial charge in [-0.15, -0.1) is 0 Å². The van der Waals surface area contributed by atoms with Crippen LogP contribution < -0.4 is 0 Å². The van der Waals surface area contributed by atoms with E-state index in [0.717, 1.165) is 0 Å². The van der Waals surface area contributed by atoms with Gasteiger partial charge in [-0.25, -0.2) is 0 Å². The van der Waals surface area contributed by atoms with Crippen LogP contribution in [-0.4, -0.2) is 31.5 Å². The summed E-state index contributed by atoms with van der Waals surface area (Å²) in [4.78, 5) is 24.2. The summed E-state index contributed by atoms with van der Waals surface area (Å²) in [6.07, 6.45) is -0.390. The lowest BCUT2D eigenvalue weighted by Crippen LogP contribution is -2.53. The minimum absolute atomic E-state index is 0.195. The number of ether oxygens (including phenoxy) is 2. The molecule has 4 nitrogen and oxygen atoms in total. The Kier molecular flexibility index (Phi) is 6.45. The Morgan fingerprint density at radius 2 is 1.18 bits per heavy atom. The molecule has 0 saturated heterocycles. The predicted molar refractivity (Wildman–Crippen MR) is 70.0 cm³/mol. The molecule has 0 fully saturated rings. The lowest BCUT2D eigenvalue weighted by atomic mass is 10.5. The third-order valence-corrected chi connectivity index (χ3v) is 6.89. The van der Waals surface area contributed by atoms with Crippen LogP contribution >= 0.6 is 0 Å². The van der Waals surface area contributed by atoms with Crippen molar-refractivity contribution in [3.05, 3.63) is 0 Å². The number of carbonyl (C=O) groups excluding carboxylic acids is 2. The molecule has 0 aromatic rings. The van der Waals surface area contributed by atoms with Crippen LogP contribution in [0.2, 0.25) is 12.1 Å². The summed E-state index contributed by atoms with van der Waals surface area (Å²) in [6.45, 7) is 10.9. The number of hydrogen-bond acceptors (Lipinski definition) is 4. The van der Waals surface area contributed by atoms with Crippen LogP contribution in [0.4, 0.5) is 9.59 Å². The van der Waals surface area contributed by atoms with Gasteiger partial charge < -0.3 is 9.47 Å². The summed E-state index contributed by atoms with van der Waals surface area (Å²) >= 11 is 0. The molecule has 0 atom stereocenters. The molecule has 0 spiro atoms. The molecule has 0 aliphatic rings. The molecule has 0 amide bonds. The van der Waals surface area contributed by atoms with Gasteiger partial charge in [-0.2, -0.15) is 0 Å². The first-order valence-electron chi connectivity index (χ1n) is 6.22. The molecule has 0 radical (unpaired) electrons. The SMILES string of the molecule is CC[Si](CC)(C(=O)OC(C)C)C(=O)OC(C)C. The van der Waals surface area contributed by atoms with E-state index in [1.54, 1.807) is 27.7 Å². The monoisotopic (exact) mass is 260 g/mol. The molecular weight excluding hydrogens is 236 g/mol. The topological polar surface area (TPSA) is 52.6 Å². The Morgan fingerprint density at radius 3 is 1.35 bits per heavy atom. The summed E-state index contributed by atoms with van der Waals surface area (Å²) in [6, 6.07) is 1.06. The highest BCUT2D eigenvalue weighted by molar-refractivity contribution is 7.23. The maximum absolute atomic E-state index is 12.1. The Labute approximate surface area is 105 Å². The fraction of sp³-hybridized carbons (Fsp3) is 0.833. The lowest BCUT2D eigenvalue weighted by molar-refractivity contribution is 0.128. The summed E-state index contributed by atoms with van der Waals surface area (Å²) in [5.74, 6) is 0. The van der Waals surface area contributed by atoms with E-state index in [1.165, 1.54) is 0 Å². The van der Waals surface area contributed by atoms with Crippen LogP contribution in [0.25, 0.3) is 0 Å². The van der Waals surface area contributed by atoms with Crippen LogP contribution in [0.3, 0.4) is 0 Å². The van der Waals surface area contributed by atoms with Gasteiger partial charge in [0, 0.05) is 0 Å². The molecule has 0 aliphatic carbocycles. The molecule has 100 valence electrons. The zero-order valence-electron chi connectivity index (χ0n) is 11.7. The standard InChI is InChI=1S/C12H24O4Si/c1-7-17(8-2,11(13)15-9(3)4)12(14)16-10(5)6/h9-10H,7-8H2,1-6H3. The average molecular weight is 260 g/mol. The van der Waals surface area contributed by atoms with Crippen molar-refractivity contribution in [1.82, 2.24) is 0 Å². The first-order valence-corrected chi connectivity index (χ1v) is 8.63. The van der Waals surface area contributed by atoms with E-state index in [9.17, 15) is 9.59 Å². The molecule has 0 saturated carbocycles. The van der Waals surface area contributed by atoms with E-state index in [4.69, 9.17) is 9.47 Å². The van der Waals surface area contributed by atoms with Crippen molar-refractivity contribution in [1.29, 1.82) is 0 Å². The van der Waals surface area contributed by atoms with Crippen molar-refractivity contribution in [3.8, 4) is 0 Å². The summed E-state index contributed by atoms with van der Waals surface area (Å²) in [5, 5.41) is 0. The van der Waals surface area contributed by atoms with E-state index in [0.29, 0.717) is 12.1 Å². The van der Waals surface area contributed by atoms with E-state index in [2.05, 4.69) is 0 Å². The number of hydrogen-bond donors (Lipinski definition) is 0. The van der Waals surface area contributed by atoms with Crippen LogP contribution in [0.15, 0.2) is 0 Å². The van der Waals surface area contributed by atoms with Crippen LogP contribution in [0.1, 0.15) is 41.5 Å². The Morgan fingerprint density at radius 1 is 0.882 bits per heavy atom. The highest BCUT2D eigenvalue weighted by atomic mass is 28.3. The van der Waals surface area contributed by atoms with Crippen molar-refractivity contribution >= 4 is 19.3 Å². The van der Waals surface area contributed by atoms with Gasteiger partial charge in [0.2, 0.25) is 0 Å². The molecule has 0 rings (SSSR count). The third kappa shape index (κ3) is 4.15. The van der Waals surface area contributed by atoms with E-state index >= 15 is 0 Å². The summed E-state index contributed by atoms with van der Waals surface area (Å²) in [7, 11) is -2.80. The van der Waals surface area contributed by atoms with Gasteiger partial charge in [0.25, 0.3) is 11.2 Å². The second-order valence-corrected chi connectivity index (χ2v) is 9.09. The molecule has 17 heavy (non-hydrogen) atoms. The maximum atomic E-state index is 12.1. The highest BCUT2D eigenvalue weighted by Crippen LogP contribution is 2.22. The minimum atomic E-state index is -2.80. The molecule has 0 aromatic carbocycles. The number of carbonyl (C=O) groups is 2. The van der Waals surface area contributed by atoms with Gasteiger partial charge >= 0.3 is 8.07 Å². The van der Waals surface area contributed by atoms with Gasteiger partial charge in [-0.1, -0.05) is 13.8 Å². The quantitative estimate of drug-likeness (QED) is 0.683. The third-order valence-electron chi connectivity index (χ3n) is 2.67. The van der Waals surface area contributed by atoms with Crippen molar-refractivity contribution in [3.63, 3.8) is 0 Å². The fourth-order valence-electron chi connectivity index (χ4n) is 1.56. The molecule has 0 heterocycles. The summed E-state index contributed by atoms with van der Waals surface area (Å²) < 4.78 is 10.4. The Bertz CT molecular complexity index is 246. The number of rotatable bonds is 6. The van der Waals surface area contributed by atoms with E-state index in [1.807, 2.05) is 13.8 Å². The average Bonchev–Trinajstić information content (AvgIpc) is 2.17. The Balaban J connectivity index is 5.01. The van der Waals surface area contributed by atoms with Gasteiger partial charge in [0.1, 0.15) is 0 Å². The van der Waals surface area contributed by atoms with Crippen LogP contribution in [-0.2, 0) is 9.47 Å². The Hall–Kier alpha value is -0.843. The van der Waals surface area contributed by atoms with Crippen LogP contribution in [0, 0.1) is 0 Å². The van der Waals surface area contributed by atoms with Gasteiger partial charge in [-0.3, -0.25) is 9.59 Å². The molecule has 0 aliphatic heterocycles. The van der Waals surface area contributed by atoms with Gasteiger partial charge in [-0.05, 0) is 39.8 Å². The van der Waals surface area contributed by atoms with Crippen molar-refractivity contribution in [2.75, 3.05) is 0 Å². The first-order chi connectivity index (χ1) is 7.80. The minimum Gasteiger partial charge on any atom is -0.467 e. The zero-order chi connectivity index (χ0) is 13.6. The molecule has 5 heteroatoms. The normalized spacial score (nSPS) is 11.8. The van der Waals surface area contributed by atoms with Crippen LogP contribution in [0.5, 0.6) is 0 Å².